The van der Waals surface area contributed by atoms with Gasteiger partial charge in [0, 0.05) is 12.1 Å². The maximum Gasteiger partial charge on any atom is 0.261 e. The fourth-order valence-corrected chi connectivity index (χ4v) is 4.27. The standard InChI is InChI=1S/C21H25NO.CH4O3S.H2O/c1-22-18-12-13-19(22)15-20(14-18)23-21(16-8-4-2-5-9-16)17-10-6-3-7-11-17;1-5(2,3)4;/h2-11,18-21H,12-15H2,1H3;1H3,(H,2,3,4);1H2. The zero-order chi connectivity index (χ0) is 20.1. The van der Waals surface area contributed by atoms with Crippen LogP contribution in [0.15, 0.2) is 60.7 Å². The third-order valence-electron chi connectivity index (χ3n) is 5.59. The molecule has 160 valence electrons. The van der Waals surface area contributed by atoms with Crippen molar-refractivity contribution in [2.24, 2.45) is 0 Å². The van der Waals surface area contributed by atoms with Gasteiger partial charge in [0.15, 0.2) is 0 Å². The largest absolute Gasteiger partial charge is 0.412 e. The quantitative estimate of drug-likeness (QED) is 0.765. The molecule has 2 aliphatic rings. The van der Waals surface area contributed by atoms with E-state index in [-0.39, 0.29) is 11.6 Å². The lowest BCUT2D eigenvalue weighted by Gasteiger charge is -2.38. The first-order chi connectivity index (χ1) is 13.3. The van der Waals surface area contributed by atoms with Crippen LogP contribution in [0.3, 0.4) is 0 Å². The predicted octanol–water partition coefficient (Wildman–Crippen LogP) is 3.10. The summed E-state index contributed by atoms with van der Waals surface area (Å²) in [6.07, 6.45) is 6.14. The van der Waals surface area contributed by atoms with Crippen molar-refractivity contribution in [2.75, 3.05) is 13.3 Å². The smallest absolute Gasteiger partial charge is 0.261 e. The van der Waals surface area contributed by atoms with Crippen LogP contribution >= 0.6 is 0 Å². The maximum atomic E-state index is 9.19. The van der Waals surface area contributed by atoms with Gasteiger partial charge in [0.2, 0.25) is 0 Å². The van der Waals surface area contributed by atoms with E-state index in [1.165, 1.54) is 36.8 Å². The molecule has 2 fully saturated rings. The fraction of sp³-hybridized carbons (Fsp3) is 0.455. The van der Waals surface area contributed by atoms with Crippen molar-refractivity contribution >= 4 is 10.1 Å². The number of rotatable bonds is 4. The summed E-state index contributed by atoms with van der Waals surface area (Å²) in [5.74, 6) is 0. The van der Waals surface area contributed by atoms with E-state index in [0.717, 1.165) is 0 Å². The third kappa shape index (κ3) is 6.90. The van der Waals surface area contributed by atoms with E-state index in [9.17, 15) is 8.42 Å². The Morgan fingerprint density at radius 2 is 1.31 bits per heavy atom. The Balaban J connectivity index is 0.000000450. The van der Waals surface area contributed by atoms with Gasteiger partial charge in [-0.15, -0.1) is 0 Å². The minimum atomic E-state index is -3.67. The van der Waals surface area contributed by atoms with E-state index in [0.29, 0.717) is 24.4 Å². The Morgan fingerprint density at radius 1 is 0.931 bits per heavy atom. The van der Waals surface area contributed by atoms with Gasteiger partial charge in [0.25, 0.3) is 10.1 Å². The lowest BCUT2D eigenvalue weighted by molar-refractivity contribution is -0.0426. The van der Waals surface area contributed by atoms with Gasteiger partial charge in [-0.3, -0.25) is 4.55 Å². The first-order valence-electron chi connectivity index (χ1n) is 9.71. The Bertz CT molecular complexity index is 783. The highest BCUT2D eigenvalue weighted by atomic mass is 32.2. The summed E-state index contributed by atoms with van der Waals surface area (Å²) in [6, 6.07) is 22.7. The summed E-state index contributed by atoms with van der Waals surface area (Å²) in [5.41, 5.74) is 2.51. The van der Waals surface area contributed by atoms with Crippen molar-refractivity contribution in [3.8, 4) is 0 Å². The summed E-state index contributed by atoms with van der Waals surface area (Å²) < 4.78 is 32.5. The minimum Gasteiger partial charge on any atom is -0.412 e. The van der Waals surface area contributed by atoms with E-state index in [1.807, 2.05) is 0 Å². The highest BCUT2D eigenvalue weighted by molar-refractivity contribution is 7.85. The molecule has 2 aromatic carbocycles. The average Bonchev–Trinajstić information content (AvgIpc) is 2.87. The molecule has 2 bridgehead atoms. The van der Waals surface area contributed by atoms with Crippen LogP contribution in [-0.4, -0.2) is 54.8 Å². The Labute approximate surface area is 173 Å². The fourth-order valence-electron chi connectivity index (χ4n) is 4.27. The molecular weight excluding hydrogens is 390 g/mol. The molecule has 2 aromatic rings. The Morgan fingerprint density at radius 3 is 1.69 bits per heavy atom. The van der Waals surface area contributed by atoms with E-state index < -0.39 is 10.1 Å². The lowest BCUT2D eigenvalue weighted by Crippen LogP contribution is -2.43. The van der Waals surface area contributed by atoms with Gasteiger partial charge in [-0.2, -0.15) is 8.42 Å². The summed E-state index contributed by atoms with van der Waals surface area (Å²) in [4.78, 5) is 2.57. The highest BCUT2D eigenvalue weighted by Gasteiger charge is 2.39. The zero-order valence-electron chi connectivity index (χ0n) is 16.9. The number of benzene rings is 2. The number of hydrogen-bond donors (Lipinski definition) is 1. The number of ether oxygens (including phenoxy) is 1. The number of piperidine rings is 1. The second-order valence-corrected chi connectivity index (χ2v) is 9.18. The predicted molar refractivity (Wildman–Crippen MR) is 114 cm³/mol. The van der Waals surface area contributed by atoms with Crippen LogP contribution in [0.1, 0.15) is 42.9 Å². The van der Waals surface area contributed by atoms with Crippen molar-refractivity contribution in [2.45, 2.75) is 50.0 Å². The topological polar surface area (TPSA) is 98.3 Å². The molecular formula is C22H31NO5S. The van der Waals surface area contributed by atoms with Gasteiger partial charge in [0.05, 0.1) is 12.4 Å². The molecule has 3 N–H and O–H groups in total. The van der Waals surface area contributed by atoms with Gasteiger partial charge in [0.1, 0.15) is 6.10 Å². The number of fused-ring (bicyclic) bond motifs is 2. The lowest BCUT2D eigenvalue weighted by atomic mass is 9.97. The summed E-state index contributed by atoms with van der Waals surface area (Å²) in [7, 11) is -1.38. The molecule has 6 nitrogen and oxygen atoms in total. The van der Waals surface area contributed by atoms with Crippen molar-refractivity contribution in [1.82, 2.24) is 4.90 Å². The SMILES string of the molecule is CN1C2CCC1CC(OC(c1ccccc1)c1ccccc1)C2.CS(=O)(=O)O.O. The van der Waals surface area contributed by atoms with Gasteiger partial charge >= 0.3 is 0 Å². The monoisotopic (exact) mass is 421 g/mol. The molecule has 2 unspecified atom stereocenters. The normalized spacial score (nSPS) is 23.8. The van der Waals surface area contributed by atoms with E-state index in [1.54, 1.807) is 0 Å². The van der Waals surface area contributed by atoms with Crippen LogP contribution < -0.4 is 0 Å². The van der Waals surface area contributed by atoms with Gasteiger partial charge in [-0.05, 0) is 43.9 Å². The molecule has 2 aliphatic heterocycles. The molecule has 0 saturated carbocycles. The molecule has 29 heavy (non-hydrogen) atoms. The first-order valence-corrected chi connectivity index (χ1v) is 11.6. The van der Waals surface area contributed by atoms with Crippen LogP contribution in [-0.2, 0) is 14.9 Å². The Hall–Kier alpha value is -1.77. The first kappa shape index (κ1) is 23.5. The molecule has 2 heterocycles. The van der Waals surface area contributed by atoms with Crippen molar-refractivity contribution in [3.05, 3.63) is 71.8 Å². The van der Waals surface area contributed by atoms with Gasteiger partial charge in [-0.1, -0.05) is 60.7 Å². The van der Waals surface area contributed by atoms with Crippen molar-refractivity contribution < 1.29 is 23.2 Å². The van der Waals surface area contributed by atoms with Gasteiger partial charge in [-0.25, -0.2) is 0 Å². The molecule has 0 amide bonds. The molecule has 0 spiro atoms. The van der Waals surface area contributed by atoms with Gasteiger partial charge < -0.3 is 15.1 Å². The van der Waals surface area contributed by atoms with Crippen LogP contribution in [0, 0.1) is 0 Å². The highest BCUT2D eigenvalue weighted by Crippen LogP contribution is 2.38. The van der Waals surface area contributed by atoms with E-state index >= 15 is 0 Å². The van der Waals surface area contributed by atoms with Crippen molar-refractivity contribution in [1.29, 1.82) is 0 Å². The molecule has 7 heteroatoms. The van der Waals surface area contributed by atoms with Crippen LogP contribution in [0.5, 0.6) is 0 Å². The second-order valence-electron chi connectivity index (χ2n) is 7.71. The number of nitrogens with zero attached hydrogens (tertiary/aromatic N) is 1. The molecule has 2 atom stereocenters. The average molecular weight is 422 g/mol. The minimum absolute atomic E-state index is 0. The number of hydrogen-bond acceptors (Lipinski definition) is 4. The second kappa shape index (κ2) is 10.3. The van der Waals surface area contributed by atoms with E-state index in [2.05, 4.69) is 72.6 Å². The maximum absolute atomic E-state index is 9.19. The third-order valence-corrected chi connectivity index (χ3v) is 5.59. The molecule has 0 aromatic heterocycles. The van der Waals surface area contributed by atoms with Crippen LogP contribution in [0.4, 0.5) is 0 Å². The molecule has 0 aliphatic carbocycles. The summed E-state index contributed by atoms with van der Waals surface area (Å²) >= 11 is 0. The molecule has 2 saturated heterocycles. The molecule has 4 rings (SSSR count). The summed E-state index contributed by atoms with van der Waals surface area (Å²) in [6.45, 7) is 0. The Kier molecular flexibility index (Phi) is 8.36. The van der Waals surface area contributed by atoms with E-state index in [4.69, 9.17) is 9.29 Å². The van der Waals surface area contributed by atoms with Crippen molar-refractivity contribution in [3.63, 3.8) is 0 Å². The zero-order valence-corrected chi connectivity index (χ0v) is 17.8. The van der Waals surface area contributed by atoms with Crippen LogP contribution in [0.25, 0.3) is 0 Å². The summed E-state index contributed by atoms with van der Waals surface area (Å²) in [5, 5.41) is 0. The van der Waals surface area contributed by atoms with Crippen LogP contribution in [0.2, 0.25) is 0 Å². The molecule has 0 radical (unpaired) electrons.